The average Bonchev–Trinajstić information content (AvgIpc) is 2.11. The molecule has 0 amide bonds. The van der Waals surface area contributed by atoms with Crippen LogP contribution in [0.1, 0.15) is 6.92 Å². The monoisotopic (exact) mass is 141 g/mol. The zero-order valence-electron chi connectivity index (χ0n) is 5.92. The van der Waals surface area contributed by atoms with E-state index in [4.69, 9.17) is 5.11 Å². The fourth-order valence-electron chi connectivity index (χ4n) is 1.26. The molecule has 1 rings (SSSR count). The Balaban J connectivity index is 2.72. The molecule has 0 radical (unpaired) electrons. The molecule has 1 aliphatic rings. The van der Waals surface area contributed by atoms with Gasteiger partial charge in [0.1, 0.15) is 0 Å². The molecular formula is C7H11NO2. The largest absolute Gasteiger partial charge is 0.481 e. The van der Waals surface area contributed by atoms with Crippen molar-refractivity contribution < 1.29 is 9.90 Å². The first-order valence-corrected chi connectivity index (χ1v) is 3.27. The molecule has 56 valence electrons. The van der Waals surface area contributed by atoms with Crippen LogP contribution >= 0.6 is 0 Å². The molecule has 0 aromatic carbocycles. The van der Waals surface area contributed by atoms with Gasteiger partial charge in [-0.2, -0.15) is 0 Å². The van der Waals surface area contributed by atoms with Crippen LogP contribution in [0.2, 0.25) is 0 Å². The quantitative estimate of drug-likeness (QED) is 0.514. The average molecular weight is 141 g/mol. The van der Waals surface area contributed by atoms with Crippen molar-refractivity contribution in [1.29, 1.82) is 0 Å². The van der Waals surface area contributed by atoms with Gasteiger partial charge >= 0.3 is 5.97 Å². The molecule has 3 heteroatoms. The Labute approximate surface area is 59.7 Å². The summed E-state index contributed by atoms with van der Waals surface area (Å²) in [6.45, 7) is 6.16. The standard InChI is InChI=1S/C7H11NO2/c1-4-3-8-5(2)6(4)7(9)10/h5-6,8H,1,3H2,2H3,(H,9,10)/t5-,6?/m1/s1. The molecule has 0 aliphatic carbocycles. The molecule has 2 atom stereocenters. The topological polar surface area (TPSA) is 49.3 Å². The number of carboxylic acid groups (broad SMARTS) is 1. The lowest BCUT2D eigenvalue weighted by Gasteiger charge is -2.08. The van der Waals surface area contributed by atoms with Crippen LogP contribution in [0, 0.1) is 5.92 Å². The first-order chi connectivity index (χ1) is 4.63. The maximum atomic E-state index is 10.5. The second-order valence-corrected chi connectivity index (χ2v) is 2.64. The highest BCUT2D eigenvalue weighted by molar-refractivity contribution is 5.75. The zero-order chi connectivity index (χ0) is 7.72. The van der Waals surface area contributed by atoms with E-state index in [1.165, 1.54) is 0 Å². The molecule has 0 spiro atoms. The predicted molar refractivity (Wildman–Crippen MR) is 37.7 cm³/mol. The molecule has 0 aromatic rings. The van der Waals surface area contributed by atoms with E-state index in [1.54, 1.807) is 0 Å². The van der Waals surface area contributed by atoms with Gasteiger partial charge in [-0.25, -0.2) is 0 Å². The van der Waals surface area contributed by atoms with Crippen LogP contribution in [0.15, 0.2) is 12.2 Å². The van der Waals surface area contributed by atoms with Gasteiger partial charge < -0.3 is 10.4 Å². The molecule has 1 aliphatic heterocycles. The van der Waals surface area contributed by atoms with Crippen LogP contribution in [0.3, 0.4) is 0 Å². The first kappa shape index (κ1) is 7.28. The SMILES string of the molecule is C=C1CN[C@H](C)C1C(=O)O. The molecule has 1 fully saturated rings. The molecular weight excluding hydrogens is 130 g/mol. The van der Waals surface area contributed by atoms with Gasteiger partial charge in [-0.1, -0.05) is 6.58 Å². The third-order valence-electron chi connectivity index (χ3n) is 1.86. The molecule has 0 bridgehead atoms. The van der Waals surface area contributed by atoms with E-state index in [1.807, 2.05) is 6.92 Å². The van der Waals surface area contributed by atoms with E-state index in [0.29, 0.717) is 6.54 Å². The Hall–Kier alpha value is -0.830. The first-order valence-electron chi connectivity index (χ1n) is 3.27. The number of hydrogen-bond donors (Lipinski definition) is 2. The summed E-state index contributed by atoms with van der Waals surface area (Å²) in [5, 5.41) is 11.7. The summed E-state index contributed by atoms with van der Waals surface area (Å²) in [6, 6.07) is 0.0324. The van der Waals surface area contributed by atoms with Crippen LogP contribution in [0.25, 0.3) is 0 Å². The molecule has 0 aromatic heterocycles. The lowest BCUT2D eigenvalue weighted by molar-refractivity contribution is -0.140. The normalized spacial score (nSPS) is 32.7. The predicted octanol–water partition coefficient (Wildman–Crippen LogP) is 0.235. The molecule has 10 heavy (non-hydrogen) atoms. The van der Waals surface area contributed by atoms with Gasteiger partial charge in [-0.15, -0.1) is 0 Å². The summed E-state index contributed by atoms with van der Waals surface area (Å²) in [6.07, 6.45) is 0. The fraction of sp³-hybridized carbons (Fsp3) is 0.571. The molecule has 1 heterocycles. The third kappa shape index (κ3) is 1.04. The van der Waals surface area contributed by atoms with Crippen molar-refractivity contribution >= 4 is 5.97 Å². The number of carbonyl (C=O) groups is 1. The lowest BCUT2D eigenvalue weighted by Crippen LogP contribution is -2.28. The minimum absolute atomic E-state index is 0.0324. The summed E-state index contributed by atoms with van der Waals surface area (Å²) >= 11 is 0. The molecule has 1 unspecified atom stereocenters. The van der Waals surface area contributed by atoms with Crippen LogP contribution in [0.4, 0.5) is 0 Å². The van der Waals surface area contributed by atoms with Gasteiger partial charge in [0, 0.05) is 12.6 Å². The van der Waals surface area contributed by atoms with Crippen molar-refractivity contribution in [3.8, 4) is 0 Å². The van der Waals surface area contributed by atoms with Gasteiger partial charge in [0.25, 0.3) is 0 Å². The minimum Gasteiger partial charge on any atom is -0.481 e. The van der Waals surface area contributed by atoms with Crippen LogP contribution < -0.4 is 5.32 Å². The highest BCUT2D eigenvalue weighted by atomic mass is 16.4. The van der Waals surface area contributed by atoms with Crippen molar-refractivity contribution in [3.63, 3.8) is 0 Å². The van der Waals surface area contributed by atoms with Gasteiger partial charge in [0.05, 0.1) is 5.92 Å². The number of rotatable bonds is 1. The van der Waals surface area contributed by atoms with E-state index in [-0.39, 0.29) is 12.0 Å². The maximum absolute atomic E-state index is 10.5. The van der Waals surface area contributed by atoms with E-state index in [9.17, 15) is 4.79 Å². The van der Waals surface area contributed by atoms with Crippen molar-refractivity contribution in [2.45, 2.75) is 13.0 Å². The molecule has 2 N–H and O–H groups in total. The Kier molecular flexibility index (Phi) is 1.76. The summed E-state index contributed by atoms with van der Waals surface area (Å²) in [5.74, 6) is -1.16. The molecule has 0 saturated carbocycles. The van der Waals surface area contributed by atoms with Crippen LogP contribution in [-0.2, 0) is 4.79 Å². The van der Waals surface area contributed by atoms with Gasteiger partial charge in [0.15, 0.2) is 0 Å². The van der Waals surface area contributed by atoms with Crippen molar-refractivity contribution in [1.82, 2.24) is 5.32 Å². The van der Waals surface area contributed by atoms with Gasteiger partial charge in [-0.3, -0.25) is 4.79 Å². The van der Waals surface area contributed by atoms with Crippen LogP contribution in [0.5, 0.6) is 0 Å². The van der Waals surface area contributed by atoms with Gasteiger partial charge in [0.2, 0.25) is 0 Å². The van der Waals surface area contributed by atoms with Crippen molar-refractivity contribution in [3.05, 3.63) is 12.2 Å². The lowest BCUT2D eigenvalue weighted by atomic mass is 9.99. The number of aliphatic carboxylic acids is 1. The second-order valence-electron chi connectivity index (χ2n) is 2.64. The third-order valence-corrected chi connectivity index (χ3v) is 1.86. The van der Waals surface area contributed by atoms with E-state index in [0.717, 1.165) is 5.57 Å². The highest BCUT2D eigenvalue weighted by Gasteiger charge is 2.32. The van der Waals surface area contributed by atoms with Gasteiger partial charge in [-0.05, 0) is 12.5 Å². The van der Waals surface area contributed by atoms with E-state index >= 15 is 0 Å². The summed E-state index contributed by atoms with van der Waals surface area (Å²) in [4.78, 5) is 10.5. The Morgan fingerprint density at radius 2 is 2.50 bits per heavy atom. The fourth-order valence-corrected chi connectivity index (χ4v) is 1.26. The smallest absolute Gasteiger partial charge is 0.312 e. The van der Waals surface area contributed by atoms with Crippen molar-refractivity contribution in [2.24, 2.45) is 5.92 Å². The summed E-state index contributed by atoms with van der Waals surface area (Å²) in [7, 11) is 0. The number of hydrogen-bond acceptors (Lipinski definition) is 2. The maximum Gasteiger partial charge on any atom is 0.312 e. The Morgan fingerprint density at radius 3 is 2.70 bits per heavy atom. The molecule has 3 nitrogen and oxygen atoms in total. The van der Waals surface area contributed by atoms with E-state index in [2.05, 4.69) is 11.9 Å². The Bertz CT molecular complexity index is 176. The van der Waals surface area contributed by atoms with Crippen LogP contribution in [-0.4, -0.2) is 23.7 Å². The minimum atomic E-state index is -0.775. The number of carboxylic acids is 1. The summed E-state index contributed by atoms with van der Waals surface area (Å²) < 4.78 is 0. The molecule has 1 saturated heterocycles. The van der Waals surface area contributed by atoms with E-state index < -0.39 is 5.97 Å². The summed E-state index contributed by atoms with van der Waals surface area (Å²) in [5.41, 5.74) is 0.778. The highest BCUT2D eigenvalue weighted by Crippen LogP contribution is 2.19. The Morgan fingerprint density at radius 1 is 1.90 bits per heavy atom. The second kappa shape index (κ2) is 2.42. The zero-order valence-corrected chi connectivity index (χ0v) is 5.92. The number of nitrogens with one attached hydrogen (secondary N) is 1. The van der Waals surface area contributed by atoms with Crippen molar-refractivity contribution in [2.75, 3.05) is 6.54 Å².